The molecule has 2 aliphatic rings. The summed E-state index contributed by atoms with van der Waals surface area (Å²) >= 11 is 0. The van der Waals surface area contributed by atoms with Gasteiger partial charge in [-0.15, -0.1) is 24.0 Å². The maximum absolute atomic E-state index is 12.1. The van der Waals surface area contributed by atoms with E-state index in [-0.39, 0.29) is 36.1 Å². The van der Waals surface area contributed by atoms with Crippen LogP contribution in [0.15, 0.2) is 23.3 Å². The van der Waals surface area contributed by atoms with Crippen molar-refractivity contribution in [3.05, 3.63) is 23.9 Å². The van der Waals surface area contributed by atoms with Crippen molar-refractivity contribution in [2.45, 2.75) is 71.6 Å². The summed E-state index contributed by atoms with van der Waals surface area (Å²) in [7, 11) is 0. The highest BCUT2D eigenvalue weighted by Gasteiger charge is 2.27. The number of ether oxygens (including phenoxy) is 1. The Morgan fingerprint density at radius 2 is 2.00 bits per heavy atom. The predicted octanol–water partition coefficient (Wildman–Crippen LogP) is 3.75. The smallest absolute Gasteiger partial charge is 0.407 e. The molecule has 0 saturated carbocycles. The number of aromatic nitrogens is 1. The van der Waals surface area contributed by atoms with Crippen LogP contribution in [0, 0.1) is 0 Å². The summed E-state index contributed by atoms with van der Waals surface area (Å²) in [6.45, 7) is 12.8. The van der Waals surface area contributed by atoms with Gasteiger partial charge in [0.15, 0.2) is 5.96 Å². The standard InChI is InChI=1S/C23H38N6O2.HI/c1-5-24-21(29-14-10-19(17-29)27-22(30)31-23(2,3)4)26-16-18-9-11-25-20(15-18)28-12-7-6-8-13-28;/h9,11,15,19H,5-8,10,12-14,16-17H2,1-4H3,(H,24,26)(H,27,30);1H. The molecule has 1 unspecified atom stereocenters. The topological polar surface area (TPSA) is 82.1 Å². The maximum atomic E-state index is 12.1. The molecular formula is C23H39IN6O2. The van der Waals surface area contributed by atoms with Crippen molar-refractivity contribution in [2.24, 2.45) is 4.99 Å². The van der Waals surface area contributed by atoms with Crippen LogP contribution in [0.25, 0.3) is 0 Å². The quantitative estimate of drug-likeness (QED) is 0.326. The van der Waals surface area contributed by atoms with Crippen molar-refractivity contribution >= 4 is 41.8 Å². The van der Waals surface area contributed by atoms with Crippen LogP contribution in [0.2, 0.25) is 0 Å². The molecule has 8 nitrogen and oxygen atoms in total. The second-order valence-electron chi connectivity index (χ2n) is 9.32. The molecule has 0 aromatic carbocycles. The summed E-state index contributed by atoms with van der Waals surface area (Å²) in [5.74, 6) is 1.94. The average Bonchev–Trinajstić information content (AvgIpc) is 3.18. The Morgan fingerprint density at radius 1 is 1.25 bits per heavy atom. The summed E-state index contributed by atoms with van der Waals surface area (Å²) < 4.78 is 5.39. The molecule has 1 aromatic rings. The molecule has 1 aromatic heterocycles. The lowest BCUT2D eigenvalue weighted by molar-refractivity contribution is 0.0507. The molecule has 2 saturated heterocycles. The number of likely N-dealkylation sites (tertiary alicyclic amines) is 1. The van der Waals surface area contributed by atoms with Gasteiger partial charge in [-0.2, -0.15) is 0 Å². The van der Waals surface area contributed by atoms with Crippen LogP contribution in [0.3, 0.4) is 0 Å². The first kappa shape index (κ1) is 26.5. The van der Waals surface area contributed by atoms with Gasteiger partial charge in [-0.25, -0.2) is 14.8 Å². The third-order valence-electron chi connectivity index (χ3n) is 5.44. The van der Waals surface area contributed by atoms with Crippen molar-refractivity contribution in [2.75, 3.05) is 37.6 Å². The van der Waals surface area contributed by atoms with E-state index >= 15 is 0 Å². The average molecular weight is 559 g/mol. The van der Waals surface area contributed by atoms with E-state index in [1.165, 1.54) is 19.3 Å². The maximum Gasteiger partial charge on any atom is 0.407 e. The van der Waals surface area contributed by atoms with Crippen molar-refractivity contribution in [3.63, 3.8) is 0 Å². The van der Waals surface area contributed by atoms with E-state index in [1.54, 1.807) is 0 Å². The van der Waals surface area contributed by atoms with E-state index in [4.69, 9.17) is 9.73 Å². The first-order valence-corrected chi connectivity index (χ1v) is 11.6. The van der Waals surface area contributed by atoms with Crippen LogP contribution < -0.4 is 15.5 Å². The van der Waals surface area contributed by atoms with E-state index in [2.05, 4.69) is 38.4 Å². The van der Waals surface area contributed by atoms with E-state index in [1.807, 2.05) is 33.0 Å². The number of carbonyl (C=O) groups is 1. The zero-order valence-electron chi connectivity index (χ0n) is 19.9. The molecule has 180 valence electrons. The molecule has 0 aliphatic carbocycles. The number of amides is 1. The Labute approximate surface area is 209 Å². The lowest BCUT2D eigenvalue weighted by atomic mass is 10.1. The van der Waals surface area contributed by atoms with Crippen molar-refractivity contribution in [1.82, 2.24) is 20.5 Å². The zero-order valence-corrected chi connectivity index (χ0v) is 22.2. The van der Waals surface area contributed by atoms with Gasteiger partial charge in [0.25, 0.3) is 0 Å². The minimum absolute atomic E-state index is 0. The molecule has 0 spiro atoms. The number of halogens is 1. The van der Waals surface area contributed by atoms with Gasteiger partial charge >= 0.3 is 6.09 Å². The van der Waals surface area contributed by atoms with Gasteiger partial charge in [-0.1, -0.05) is 0 Å². The molecule has 1 amide bonds. The zero-order chi connectivity index (χ0) is 22.3. The van der Waals surface area contributed by atoms with Gasteiger partial charge in [0.1, 0.15) is 11.4 Å². The number of hydrogen-bond acceptors (Lipinski definition) is 5. The number of rotatable bonds is 5. The number of aliphatic imine (C=N–C) groups is 1. The van der Waals surface area contributed by atoms with Crippen LogP contribution in [0.1, 0.15) is 58.9 Å². The molecular weight excluding hydrogens is 519 g/mol. The van der Waals surface area contributed by atoms with Gasteiger partial charge in [0, 0.05) is 38.9 Å². The number of nitrogens with zero attached hydrogens (tertiary/aromatic N) is 4. The third-order valence-corrected chi connectivity index (χ3v) is 5.44. The first-order chi connectivity index (χ1) is 14.8. The monoisotopic (exact) mass is 558 g/mol. The molecule has 3 rings (SSSR count). The lowest BCUT2D eigenvalue weighted by Gasteiger charge is -2.27. The highest BCUT2D eigenvalue weighted by atomic mass is 127. The highest BCUT2D eigenvalue weighted by molar-refractivity contribution is 14.0. The van der Waals surface area contributed by atoms with Gasteiger partial charge in [0.05, 0.1) is 12.6 Å². The lowest BCUT2D eigenvalue weighted by Crippen LogP contribution is -2.44. The second kappa shape index (κ2) is 12.5. The van der Waals surface area contributed by atoms with Crippen LogP contribution in [0.4, 0.5) is 10.6 Å². The number of nitrogens with one attached hydrogen (secondary N) is 2. The largest absolute Gasteiger partial charge is 0.444 e. The van der Waals surface area contributed by atoms with Crippen LogP contribution in [0.5, 0.6) is 0 Å². The number of piperidine rings is 1. The van der Waals surface area contributed by atoms with Crippen molar-refractivity contribution in [1.29, 1.82) is 0 Å². The van der Waals surface area contributed by atoms with Crippen LogP contribution >= 0.6 is 24.0 Å². The molecule has 2 aliphatic heterocycles. The molecule has 2 fully saturated rings. The fourth-order valence-electron chi connectivity index (χ4n) is 3.99. The summed E-state index contributed by atoms with van der Waals surface area (Å²) in [6.07, 6.45) is 6.19. The molecule has 0 radical (unpaired) electrons. The van der Waals surface area contributed by atoms with Crippen LogP contribution in [-0.4, -0.2) is 66.3 Å². The summed E-state index contributed by atoms with van der Waals surface area (Å²) in [5.41, 5.74) is 0.671. The van der Waals surface area contributed by atoms with E-state index in [0.29, 0.717) is 6.54 Å². The van der Waals surface area contributed by atoms with Gasteiger partial charge in [0.2, 0.25) is 0 Å². The number of guanidine groups is 1. The normalized spacial score (nSPS) is 19.4. The van der Waals surface area contributed by atoms with Gasteiger partial charge < -0.3 is 25.2 Å². The van der Waals surface area contributed by atoms with E-state index in [0.717, 1.165) is 56.5 Å². The predicted molar refractivity (Wildman–Crippen MR) is 140 cm³/mol. The molecule has 9 heteroatoms. The highest BCUT2D eigenvalue weighted by Crippen LogP contribution is 2.19. The Kier molecular flexibility index (Phi) is 10.3. The fraction of sp³-hybridized carbons (Fsp3) is 0.696. The molecule has 1 atom stereocenters. The number of alkyl carbamates (subject to hydrolysis) is 1. The fourth-order valence-corrected chi connectivity index (χ4v) is 3.99. The number of anilines is 1. The molecule has 3 heterocycles. The molecule has 32 heavy (non-hydrogen) atoms. The third kappa shape index (κ3) is 8.29. The molecule has 0 bridgehead atoms. The minimum Gasteiger partial charge on any atom is -0.444 e. The van der Waals surface area contributed by atoms with Crippen molar-refractivity contribution in [3.8, 4) is 0 Å². The van der Waals surface area contributed by atoms with Gasteiger partial charge in [-0.3, -0.25) is 0 Å². The van der Waals surface area contributed by atoms with E-state index in [9.17, 15) is 4.79 Å². The Balaban J connectivity index is 0.00000363. The van der Waals surface area contributed by atoms with Gasteiger partial charge in [-0.05, 0) is 71.1 Å². The minimum atomic E-state index is -0.490. The first-order valence-electron chi connectivity index (χ1n) is 11.6. The molecule has 2 N–H and O–H groups in total. The summed E-state index contributed by atoms with van der Waals surface area (Å²) in [5, 5.41) is 6.37. The number of carbonyl (C=O) groups excluding carboxylic acids is 1. The SMILES string of the molecule is CCNC(=NCc1ccnc(N2CCCCC2)c1)N1CCC(NC(=O)OC(C)(C)C)C1.I. The summed E-state index contributed by atoms with van der Waals surface area (Å²) in [6, 6.07) is 4.26. The Morgan fingerprint density at radius 3 is 2.69 bits per heavy atom. The Hall–Kier alpha value is -1.78. The van der Waals surface area contributed by atoms with E-state index < -0.39 is 5.60 Å². The Bertz CT molecular complexity index is 761. The second-order valence-corrected chi connectivity index (χ2v) is 9.32. The summed E-state index contributed by atoms with van der Waals surface area (Å²) in [4.78, 5) is 26.1. The number of hydrogen-bond donors (Lipinski definition) is 2. The number of pyridine rings is 1. The van der Waals surface area contributed by atoms with Crippen LogP contribution in [-0.2, 0) is 11.3 Å². The van der Waals surface area contributed by atoms with Crippen molar-refractivity contribution < 1.29 is 9.53 Å².